The van der Waals surface area contributed by atoms with Gasteiger partial charge in [-0.25, -0.2) is 0 Å². The molecular formula is C45H69N17O14S2. The summed E-state index contributed by atoms with van der Waals surface area (Å²) >= 11 is 0. The van der Waals surface area contributed by atoms with E-state index in [1.165, 1.54) is 7.11 Å². The van der Waals surface area contributed by atoms with Gasteiger partial charge < -0.3 is 91.7 Å². The Morgan fingerprint density at radius 2 is 1.24 bits per heavy atom. The van der Waals surface area contributed by atoms with Crippen molar-refractivity contribution in [2.24, 2.45) is 44.4 Å². The monoisotopic (exact) mass is 1140 g/mol. The van der Waals surface area contributed by atoms with Gasteiger partial charge in [-0.3, -0.25) is 67.5 Å². The third-order valence-electron chi connectivity index (χ3n) is 11.6. The molecular weight excluding hydrogens is 1070 g/mol. The minimum Gasteiger partial charge on any atom is -0.497 e. The number of nitrogens with one attached hydrogen (secondary N) is 8. The third kappa shape index (κ3) is 22.6. The molecule has 0 bridgehead atoms. The molecule has 430 valence electrons. The molecule has 2 saturated heterocycles. The third-order valence-corrected chi connectivity index (χ3v) is 14.0. The summed E-state index contributed by atoms with van der Waals surface area (Å²) < 4.78 is 5.22. The first-order valence-electron chi connectivity index (χ1n) is 24.3. The fourth-order valence-electron chi connectivity index (χ4n) is 7.79. The largest absolute Gasteiger partial charge is 0.497 e. The Balaban J connectivity index is 2.13. The van der Waals surface area contributed by atoms with Crippen LogP contribution < -0.4 is 81.7 Å². The van der Waals surface area contributed by atoms with Gasteiger partial charge in [0.2, 0.25) is 65.0 Å². The topological polar surface area (TPSA) is 515 Å². The molecule has 78 heavy (non-hydrogen) atoms. The van der Waals surface area contributed by atoms with Crippen LogP contribution in [0.4, 0.5) is 0 Å². The van der Waals surface area contributed by atoms with Crippen LogP contribution in [0.5, 0.6) is 5.75 Å². The smallest absolute Gasteiger partial charge is 0.305 e. The van der Waals surface area contributed by atoms with E-state index in [2.05, 4.69) is 52.5 Å². The number of amides is 11. The molecule has 8 atom stereocenters. The molecule has 4 unspecified atom stereocenters. The number of methoxy groups -OCH3 is 1. The van der Waals surface area contributed by atoms with E-state index in [1.54, 1.807) is 24.3 Å². The summed E-state index contributed by atoms with van der Waals surface area (Å²) in [5.41, 5.74) is 33.5. The fraction of sp³-hybridized carbons (Fsp3) is 0.556. The summed E-state index contributed by atoms with van der Waals surface area (Å²) in [4.78, 5) is 170. The van der Waals surface area contributed by atoms with Crippen molar-refractivity contribution in [2.45, 2.75) is 113 Å². The van der Waals surface area contributed by atoms with Gasteiger partial charge in [-0.05, 0) is 56.2 Å². The number of nitrogens with zero attached hydrogens (tertiary/aromatic N) is 3. The first-order chi connectivity index (χ1) is 36.9. The number of hydrogen-bond acceptors (Lipinski definition) is 17. The molecule has 21 N–H and O–H groups in total. The van der Waals surface area contributed by atoms with Crippen molar-refractivity contribution >= 4 is 104 Å². The summed E-state index contributed by atoms with van der Waals surface area (Å²) in [6.07, 6.45) is -1.87. The van der Waals surface area contributed by atoms with Crippen LogP contribution in [0.15, 0.2) is 34.3 Å². The number of carbonyl (C=O) groups is 12. The predicted molar refractivity (Wildman–Crippen MR) is 284 cm³/mol. The minimum absolute atomic E-state index is 0.00763. The maximum Gasteiger partial charge on any atom is 0.305 e. The van der Waals surface area contributed by atoms with Crippen LogP contribution in [0.1, 0.15) is 63.9 Å². The molecule has 0 saturated carbocycles. The normalized spacial score (nSPS) is 23.7. The number of carboxylic acids is 1. The highest BCUT2D eigenvalue weighted by atomic mass is 33.1. The highest BCUT2D eigenvalue weighted by Crippen LogP contribution is 2.24. The summed E-state index contributed by atoms with van der Waals surface area (Å²) in [6.45, 7) is 0.154. The Bertz CT molecular complexity index is 2410. The van der Waals surface area contributed by atoms with Crippen LogP contribution in [0.3, 0.4) is 0 Å². The van der Waals surface area contributed by atoms with E-state index >= 15 is 0 Å². The van der Waals surface area contributed by atoms with Crippen molar-refractivity contribution in [3.8, 4) is 5.75 Å². The van der Waals surface area contributed by atoms with Crippen molar-refractivity contribution in [1.82, 2.24) is 47.4 Å². The number of carbonyl (C=O) groups excluding carboxylic acids is 11. The first-order valence-corrected chi connectivity index (χ1v) is 26.8. The number of guanidine groups is 2. The standard InChI is InChI=1S/C45H69N17O14S2/c1-22(63)55-31-21-78-77-20-30(36(47)68)61-38(70)26(7-4-14-53-45(50)51)57-39(71)27(16-23-9-11-24(76-2)12-10-23)59-40(72)28(18-35(66)67)56-34(65)19-54-37(69)25(6-3-13-52-44(48)49)58-42(74)32-8-5-15-62(32)43(75)29(17-33(46)64)60-41(31)73/h9-12,25-32H,3-8,13-21H2,1-2H3,(H2,46,64)(H2,47,68)(H,54,69)(H,55,63)(H,56,65)(H,57,71)(H,58,74)(H,59,72)(H,60,73)(H,61,70)(H,66,67)(H4,48,49,52)(H4,50,51,53)/t25?,26-,27?,28?,29-,30?,31-,32-/m0/s1. The van der Waals surface area contributed by atoms with Gasteiger partial charge >= 0.3 is 5.97 Å². The zero-order valence-corrected chi connectivity index (χ0v) is 44.5. The van der Waals surface area contributed by atoms with Crippen molar-refractivity contribution in [3.05, 3.63) is 29.8 Å². The summed E-state index contributed by atoms with van der Waals surface area (Å²) in [5, 5.41) is 29.4. The Morgan fingerprint density at radius 3 is 1.81 bits per heavy atom. The Morgan fingerprint density at radius 1 is 0.692 bits per heavy atom. The number of aliphatic imine (C=N–C) groups is 2. The Labute approximate surface area is 455 Å². The number of nitrogens with two attached hydrogens (primary N) is 6. The second-order valence-electron chi connectivity index (χ2n) is 17.8. The van der Waals surface area contributed by atoms with E-state index in [9.17, 15) is 62.6 Å². The molecule has 3 rings (SSSR count). The predicted octanol–water partition coefficient (Wildman–Crippen LogP) is -6.90. The highest BCUT2D eigenvalue weighted by molar-refractivity contribution is 8.76. The maximum atomic E-state index is 14.3. The van der Waals surface area contributed by atoms with Gasteiger partial charge in [-0.1, -0.05) is 33.7 Å². The van der Waals surface area contributed by atoms with E-state index in [4.69, 9.17) is 39.1 Å². The number of carboxylic acid groups (broad SMARTS) is 1. The van der Waals surface area contributed by atoms with Crippen molar-refractivity contribution in [3.63, 3.8) is 0 Å². The number of primary amides is 2. The van der Waals surface area contributed by atoms with Crippen LogP contribution in [0, 0.1) is 0 Å². The fourth-order valence-corrected chi connectivity index (χ4v) is 10.1. The average molecular weight is 1140 g/mol. The lowest BCUT2D eigenvalue weighted by molar-refractivity contribution is -0.143. The molecule has 11 amide bonds. The van der Waals surface area contributed by atoms with Gasteiger partial charge in [0.15, 0.2) is 11.9 Å². The van der Waals surface area contributed by atoms with Gasteiger partial charge in [0, 0.05) is 44.5 Å². The second kappa shape index (κ2) is 32.5. The number of fused-ring (bicyclic) bond motifs is 1. The molecule has 1 aromatic rings. The van der Waals surface area contributed by atoms with Gasteiger partial charge in [0.25, 0.3) is 0 Å². The lowest BCUT2D eigenvalue weighted by atomic mass is 10.0. The molecule has 2 aliphatic rings. The maximum absolute atomic E-state index is 14.3. The zero-order chi connectivity index (χ0) is 58.1. The van der Waals surface area contributed by atoms with Gasteiger partial charge in [0.1, 0.15) is 54.1 Å². The number of hydrogen-bond donors (Lipinski definition) is 15. The van der Waals surface area contributed by atoms with Gasteiger partial charge in [-0.2, -0.15) is 0 Å². The van der Waals surface area contributed by atoms with Crippen LogP contribution in [-0.4, -0.2) is 186 Å². The van der Waals surface area contributed by atoms with Crippen LogP contribution >= 0.6 is 21.6 Å². The van der Waals surface area contributed by atoms with Gasteiger partial charge in [-0.15, -0.1) is 0 Å². The average Bonchev–Trinajstić information content (AvgIpc) is 3.87. The van der Waals surface area contributed by atoms with E-state index in [1.807, 2.05) is 0 Å². The lowest BCUT2D eigenvalue weighted by Gasteiger charge is -2.30. The molecule has 31 nitrogen and oxygen atoms in total. The molecule has 0 aliphatic carbocycles. The molecule has 33 heteroatoms. The number of benzene rings is 1. The summed E-state index contributed by atoms with van der Waals surface area (Å²) in [5.74, 6) is -12.7. The molecule has 2 aliphatic heterocycles. The van der Waals surface area contributed by atoms with Crippen molar-refractivity contribution in [2.75, 3.05) is 44.8 Å². The van der Waals surface area contributed by atoms with Gasteiger partial charge in [0.05, 0.1) is 26.5 Å². The molecule has 2 fully saturated rings. The minimum atomic E-state index is -1.88. The SMILES string of the molecule is COc1ccc(CC2NC(=O)C(CC(=O)O)NC(=O)CNC(=O)C(CCCN=C(N)N)NC(=O)[C@@H]3CCCN3C(=O)[C@H](CC(N)=O)NC(=O)[C@@H](NC(C)=O)CSSCC(C(N)=O)NC(=O)[C@H](CCCN=C(N)N)NC2=O)cc1. The quantitative estimate of drug-likeness (QED) is 0.0298. The van der Waals surface area contributed by atoms with Crippen LogP contribution in [0.25, 0.3) is 0 Å². The molecule has 0 aromatic heterocycles. The van der Waals surface area contributed by atoms with E-state index in [0.717, 1.165) is 33.4 Å². The zero-order valence-electron chi connectivity index (χ0n) is 42.9. The molecule has 0 radical (unpaired) electrons. The molecule has 2 heterocycles. The summed E-state index contributed by atoms with van der Waals surface area (Å²) in [7, 11) is 3.28. The second-order valence-corrected chi connectivity index (χ2v) is 20.3. The number of rotatable bonds is 17. The highest BCUT2D eigenvalue weighted by Gasteiger charge is 2.40. The van der Waals surface area contributed by atoms with E-state index in [-0.39, 0.29) is 88.0 Å². The first kappa shape index (κ1) is 64.2. The Hall–Kier alpha value is -8.10. The Kier molecular flexibility index (Phi) is 26.7. The van der Waals surface area contributed by atoms with E-state index < -0.39 is 139 Å². The number of ether oxygens (including phenoxy) is 1. The van der Waals surface area contributed by atoms with Crippen molar-refractivity contribution in [1.29, 1.82) is 0 Å². The summed E-state index contributed by atoms with van der Waals surface area (Å²) in [6, 6.07) is -5.84. The number of aliphatic carboxylic acids is 1. The molecule has 1 aromatic carbocycles. The van der Waals surface area contributed by atoms with E-state index in [0.29, 0.717) is 11.3 Å². The van der Waals surface area contributed by atoms with Crippen molar-refractivity contribution < 1.29 is 67.4 Å². The van der Waals surface area contributed by atoms with Crippen LogP contribution in [-0.2, 0) is 64.0 Å². The van der Waals surface area contributed by atoms with Crippen LogP contribution in [0.2, 0.25) is 0 Å². The lowest BCUT2D eigenvalue weighted by Crippen LogP contribution is -2.59. The molecule has 0 spiro atoms.